The fourth-order valence-electron chi connectivity index (χ4n) is 4.37. The lowest BCUT2D eigenvalue weighted by Gasteiger charge is -2.28. The zero-order valence-corrected chi connectivity index (χ0v) is 29.2. The van der Waals surface area contributed by atoms with Crippen LogP contribution in [-0.4, -0.2) is 65.5 Å². The maximum Gasteiger partial charge on any atom is 0.416 e. The number of sulfonamides is 1. The molecule has 0 N–H and O–H groups in total. The van der Waals surface area contributed by atoms with Crippen LogP contribution in [0.4, 0.5) is 16.3 Å². The van der Waals surface area contributed by atoms with Gasteiger partial charge in [-0.2, -0.15) is 4.31 Å². The third-order valence-corrected chi connectivity index (χ3v) is 8.30. The van der Waals surface area contributed by atoms with Crippen molar-refractivity contribution in [3.05, 3.63) is 78.2 Å². The number of pyridine rings is 2. The Morgan fingerprint density at radius 1 is 0.851 bits per heavy atom. The van der Waals surface area contributed by atoms with Gasteiger partial charge in [-0.25, -0.2) is 18.2 Å². The number of ether oxygens (including phenoxy) is 2. The molecule has 13 heteroatoms. The van der Waals surface area contributed by atoms with Crippen LogP contribution in [0.1, 0.15) is 72.6 Å². The first-order valence-electron chi connectivity index (χ1n) is 15.3. The molecule has 0 saturated heterocycles. The van der Waals surface area contributed by atoms with Gasteiger partial charge in [0.25, 0.3) is 0 Å². The quantitative estimate of drug-likeness (QED) is 0.222. The van der Waals surface area contributed by atoms with E-state index in [0.29, 0.717) is 23.4 Å². The maximum absolute atomic E-state index is 13.9. The summed E-state index contributed by atoms with van der Waals surface area (Å²) >= 11 is 0. The Kier molecular flexibility index (Phi) is 12.2. The molecule has 2 amide bonds. The molecule has 254 valence electrons. The van der Waals surface area contributed by atoms with Crippen LogP contribution in [-0.2, 0) is 42.2 Å². The third-order valence-electron chi connectivity index (χ3n) is 6.52. The monoisotopic (exact) mass is 667 g/mol. The highest BCUT2D eigenvalue weighted by atomic mass is 32.2. The van der Waals surface area contributed by atoms with Gasteiger partial charge in [-0.1, -0.05) is 25.1 Å². The number of carbonyl (C=O) groups excluding carboxylic acids is 3. The molecular formula is C34H45N5O7S. The van der Waals surface area contributed by atoms with Crippen LogP contribution in [0.15, 0.2) is 71.9 Å². The molecule has 0 fully saturated rings. The first kappa shape index (κ1) is 37.1. The Morgan fingerprint density at radius 3 is 2.09 bits per heavy atom. The van der Waals surface area contributed by atoms with E-state index in [1.54, 1.807) is 89.9 Å². The Labute approximate surface area is 277 Å². The second kappa shape index (κ2) is 15.5. The zero-order chi connectivity index (χ0) is 35.0. The molecule has 2 aromatic heterocycles. The summed E-state index contributed by atoms with van der Waals surface area (Å²) in [5.41, 5.74) is 0.0354. The van der Waals surface area contributed by atoms with E-state index in [1.165, 1.54) is 34.9 Å². The molecule has 2 heterocycles. The molecule has 3 rings (SSSR count). The first-order chi connectivity index (χ1) is 21.9. The van der Waals surface area contributed by atoms with Crippen LogP contribution < -0.4 is 9.80 Å². The van der Waals surface area contributed by atoms with Gasteiger partial charge >= 0.3 is 12.1 Å². The zero-order valence-electron chi connectivity index (χ0n) is 28.4. The minimum Gasteiger partial charge on any atom is -0.459 e. The van der Waals surface area contributed by atoms with Crippen LogP contribution in [0.3, 0.4) is 0 Å². The molecule has 0 aliphatic rings. The third kappa shape index (κ3) is 11.1. The number of amides is 2. The highest BCUT2D eigenvalue weighted by Gasteiger charge is 2.30. The summed E-state index contributed by atoms with van der Waals surface area (Å²) in [5.74, 6) is -0.591. The summed E-state index contributed by atoms with van der Waals surface area (Å²) in [6, 6.07) is 14.9. The molecule has 1 aromatic carbocycles. The largest absolute Gasteiger partial charge is 0.459 e. The van der Waals surface area contributed by atoms with Crippen molar-refractivity contribution in [2.24, 2.45) is 0 Å². The minimum atomic E-state index is -4.07. The fourth-order valence-corrected chi connectivity index (χ4v) is 5.74. The SMILES string of the molecule is CCCC(=O)N(C)c1ccc(CN(Cc2cccc(N(CC(=O)OC(C)(C)C)C(=O)OC(C)(C)C)n2)S(=O)(=O)c2cccnc2)cc1. The fraction of sp³-hybridized carbons (Fsp3) is 0.441. The number of rotatable bonds is 12. The molecule has 47 heavy (non-hydrogen) atoms. The predicted molar refractivity (Wildman–Crippen MR) is 179 cm³/mol. The van der Waals surface area contributed by atoms with Crippen molar-refractivity contribution >= 4 is 39.5 Å². The van der Waals surface area contributed by atoms with Crippen molar-refractivity contribution in [2.75, 3.05) is 23.4 Å². The number of benzene rings is 1. The van der Waals surface area contributed by atoms with Crippen molar-refractivity contribution in [3.8, 4) is 0 Å². The number of aromatic nitrogens is 2. The summed E-state index contributed by atoms with van der Waals surface area (Å²) in [4.78, 5) is 49.6. The average Bonchev–Trinajstić information content (AvgIpc) is 2.98. The number of carbonyl (C=O) groups is 3. The van der Waals surface area contributed by atoms with Crippen LogP contribution in [0.25, 0.3) is 0 Å². The van der Waals surface area contributed by atoms with E-state index in [-0.39, 0.29) is 29.7 Å². The van der Waals surface area contributed by atoms with Crippen molar-refractivity contribution in [2.45, 2.75) is 90.5 Å². The molecule has 0 aliphatic carbocycles. The van der Waals surface area contributed by atoms with Gasteiger partial charge < -0.3 is 14.4 Å². The number of nitrogens with zero attached hydrogens (tertiary/aromatic N) is 5. The molecule has 3 aromatic rings. The average molecular weight is 668 g/mol. The second-order valence-electron chi connectivity index (χ2n) is 13.0. The van der Waals surface area contributed by atoms with Crippen LogP contribution >= 0.6 is 0 Å². The Morgan fingerprint density at radius 2 is 1.51 bits per heavy atom. The number of hydrogen-bond acceptors (Lipinski definition) is 9. The van der Waals surface area contributed by atoms with E-state index >= 15 is 0 Å². The number of hydrogen-bond donors (Lipinski definition) is 0. The molecule has 0 bridgehead atoms. The Hall–Kier alpha value is -4.36. The van der Waals surface area contributed by atoms with Gasteiger partial charge in [0.15, 0.2) is 0 Å². The highest BCUT2D eigenvalue weighted by Crippen LogP contribution is 2.24. The van der Waals surface area contributed by atoms with Gasteiger partial charge in [-0.15, -0.1) is 0 Å². The van der Waals surface area contributed by atoms with Crippen molar-refractivity contribution < 1.29 is 32.3 Å². The van der Waals surface area contributed by atoms with Crippen molar-refractivity contribution in [3.63, 3.8) is 0 Å². The smallest absolute Gasteiger partial charge is 0.416 e. The number of anilines is 2. The predicted octanol–water partition coefficient (Wildman–Crippen LogP) is 5.71. The van der Waals surface area contributed by atoms with Gasteiger partial charge in [-0.3, -0.25) is 19.5 Å². The summed E-state index contributed by atoms with van der Waals surface area (Å²) < 4.78 is 40.0. The lowest BCUT2D eigenvalue weighted by Crippen LogP contribution is -2.42. The van der Waals surface area contributed by atoms with Gasteiger partial charge in [0.2, 0.25) is 15.9 Å². The summed E-state index contributed by atoms with van der Waals surface area (Å²) in [6.45, 7) is 11.5. The van der Waals surface area contributed by atoms with Crippen molar-refractivity contribution in [1.82, 2.24) is 14.3 Å². The summed E-state index contributed by atoms with van der Waals surface area (Å²) in [7, 11) is -2.37. The van der Waals surface area contributed by atoms with Gasteiger partial charge in [0.1, 0.15) is 28.5 Å². The molecule has 0 unspecified atom stereocenters. The van der Waals surface area contributed by atoms with E-state index in [4.69, 9.17) is 9.47 Å². The summed E-state index contributed by atoms with van der Waals surface area (Å²) in [5, 5.41) is 0. The molecule has 0 atom stereocenters. The van der Waals surface area contributed by atoms with E-state index < -0.39 is 39.8 Å². The van der Waals surface area contributed by atoms with Gasteiger partial charge in [-0.05, 0) is 89.9 Å². The van der Waals surface area contributed by atoms with E-state index in [2.05, 4.69) is 9.97 Å². The molecular weight excluding hydrogens is 622 g/mol. The van der Waals surface area contributed by atoms with E-state index in [0.717, 1.165) is 11.3 Å². The molecule has 0 spiro atoms. The Bertz CT molecular complexity index is 1630. The normalized spacial score (nSPS) is 12.0. The molecule has 12 nitrogen and oxygen atoms in total. The van der Waals surface area contributed by atoms with E-state index in [1.807, 2.05) is 6.92 Å². The maximum atomic E-state index is 13.9. The molecule has 0 radical (unpaired) electrons. The second-order valence-corrected chi connectivity index (χ2v) is 14.9. The lowest BCUT2D eigenvalue weighted by molar-refractivity contribution is -0.153. The Balaban J connectivity index is 1.98. The van der Waals surface area contributed by atoms with Crippen LogP contribution in [0.2, 0.25) is 0 Å². The minimum absolute atomic E-state index is 0.00187. The van der Waals surface area contributed by atoms with Crippen molar-refractivity contribution in [1.29, 1.82) is 0 Å². The standard InChI is InChI=1S/C34H45N5O7S/c1-9-12-30(40)37(8)27-18-16-25(17-19-27)22-38(47(43,44)28-14-11-20-35-21-28)23-26-13-10-15-29(36-26)39(32(42)46-34(5,6)7)24-31(41)45-33(2,3)4/h10-11,13-21H,9,12,22-24H2,1-8H3. The molecule has 0 aliphatic heterocycles. The van der Waals surface area contributed by atoms with Gasteiger partial charge in [0.05, 0.1) is 12.2 Å². The van der Waals surface area contributed by atoms with Gasteiger partial charge in [0, 0.05) is 38.1 Å². The van der Waals surface area contributed by atoms with E-state index in [9.17, 15) is 22.8 Å². The van der Waals surface area contributed by atoms with Crippen LogP contribution in [0.5, 0.6) is 0 Å². The first-order valence-corrected chi connectivity index (χ1v) is 16.8. The summed E-state index contributed by atoms with van der Waals surface area (Å²) in [6.07, 6.45) is 3.10. The van der Waals surface area contributed by atoms with Crippen LogP contribution in [0, 0.1) is 0 Å². The topological polar surface area (TPSA) is 139 Å². The number of esters is 1. The lowest BCUT2D eigenvalue weighted by atomic mass is 10.2. The highest BCUT2D eigenvalue weighted by molar-refractivity contribution is 7.89. The molecule has 0 saturated carbocycles.